The molecular formula is C34H66N2O2. The standard InChI is InChI=1S/C19H37NO.C15H29NO/c1-2-3-4-5-6-7-8-9-10-11-13-16-19(21)20-17-14-12-15-18-20;1-2-3-4-5-6-7-9-12-15(17)16-13-10-8-11-14-16/h2-18H2,1H3;2-14H2,1H3. The second kappa shape index (κ2) is 26.2. The Bertz CT molecular complexity index is 539. The molecule has 0 saturated carbocycles. The molecule has 0 spiro atoms. The first kappa shape index (κ1) is 35.0. The van der Waals surface area contributed by atoms with Crippen molar-refractivity contribution in [1.82, 2.24) is 9.80 Å². The number of hydrogen-bond donors (Lipinski definition) is 0. The Labute approximate surface area is 238 Å². The summed E-state index contributed by atoms with van der Waals surface area (Å²) in [5.74, 6) is 0.809. The maximum absolute atomic E-state index is 12.0. The predicted octanol–water partition coefficient (Wildman–Crippen LogP) is 9.84. The monoisotopic (exact) mass is 535 g/mol. The zero-order chi connectivity index (χ0) is 27.5. The average Bonchev–Trinajstić information content (AvgIpc) is 2.96. The highest BCUT2D eigenvalue weighted by molar-refractivity contribution is 5.76. The topological polar surface area (TPSA) is 40.6 Å². The van der Waals surface area contributed by atoms with Crippen molar-refractivity contribution < 1.29 is 9.59 Å². The fraction of sp³-hybridized carbons (Fsp3) is 0.941. The SMILES string of the molecule is CCCCCCCCCC(=O)N1CCCCC1.CCCCCCCCCCCCCC(=O)N1CCCCC1. The summed E-state index contributed by atoms with van der Waals surface area (Å²) in [4.78, 5) is 28.0. The number of rotatable bonds is 20. The van der Waals surface area contributed by atoms with Gasteiger partial charge in [-0.15, -0.1) is 0 Å². The third-order valence-electron chi connectivity index (χ3n) is 8.41. The number of likely N-dealkylation sites (tertiary alicyclic amines) is 2. The van der Waals surface area contributed by atoms with Crippen molar-refractivity contribution in [2.24, 2.45) is 0 Å². The number of carbonyl (C=O) groups excluding carboxylic acids is 2. The molecule has 0 aliphatic carbocycles. The Kier molecular flexibility index (Phi) is 24.1. The van der Waals surface area contributed by atoms with E-state index in [4.69, 9.17) is 0 Å². The number of piperidine rings is 2. The Morgan fingerprint density at radius 3 is 0.947 bits per heavy atom. The Morgan fingerprint density at radius 1 is 0.395 bits per heavy atom. The molecule has 2 aliphatic heterocycles. The molecule has 2 heterocycles. The van der Waals surface area contributed by atoms with Crippen LogP contribution in [0.5, 0.6) is 0 Å². The van der Waals surface area contributed by atoms with Gasteiger partial charge in [0.2, 0.25) is 11.8 Å². The van der Waals surface area contributed by atoms with E-state index in [2.05, 4.69) is 23.6 Å². The minimum Gasteiger partial charge on any atom is -0.343 e. The van der Waals surface area contributed by atoms with Crippen LogP contribution in [0.1, 0.15) is 181 Å². The van der Waals surface area contributed by atoms with Crippen molar-refractivity contribution in [3.63, 3.8) is 0 Å². The van der Waals surface area contributed by atoms with Gasteiger partial charge in [-0.25, -0.2) is 0 Å². The van der Waals surface area contributed by atoms with E-state index in [0.29, 0.717) is 11.8 Å². The molecule has 0 aromatic rings. The van der Waals surface area contributed by atoms with Crippen molar-refractivity contribution in [2.75, 3.05) is 26.2 Å². The van der Waals surface area contributed by atoms with E-state index in [0.717, 1.165) is 51.9 Å². The lowest BCUT2D eigenvalue weighted by atomic mass is 10.0. The summed E-state index contributed by atoms with van der Waals surface area (Å²) in [5.41, 5.74) is 0. The molecule has 0 radical (unpaired) electrons. The van der Waals surface area contributed by atoms with Crippen molar-refractivity contribution >= 4 is 11.8 Å². The van der Waals surface area contributed by atoms with Crippen molar-refractivity contribution in [3.8, 4) is 0 Å². The Morgan fingerprint density at radius 2 is 0.658 bits per heavy atom. The van der Waals surface area contributed by atoms with Crippen LogP contribution in [-0.4, -0.2) is 47.8 Å². The summed E-state index contributed by atoms with van der Waals surface area (Å²) in [6.07, 6.45) is 33.0. The number of amides is 2. The second-order valence-corrected chi connectivity index (χ2v) is 12.0. The smallest absolute Gasteiger partial charge is 0.222 e. The van der Waals surface area contributed by atoms with E-state index >= 15 is 0 Å². The molecule has 4 nitrogen and oxygen atoms in total. The van der Waals surface area contributed by atoms with E-state index < -0.39 is 0 Å². The second-order valence-electron chi connectivity index (χ2n) is 12.0. The van der Waals surface area contributed by atoms with Gasteiger partial charge in [-0.2, -0.15) is 0 Å². The minimum absolute atomic E-state index is 0.401. The molecule has 224 valence electrons. The molecule has 0 atom stereocenters. The van der Waals surface area contributed by atoms with Crippen molar-refractivity contribution in [2.45, 2.75) is 181 Å². The van der Waals surface area contributed by atoms with Crippen LogP contribution < -0.4 is 0 Å². The number of carbonyl (C=O) groups is 2. The molecule has 38 heavy (non-hydrogen) atoms. The Hall–Kier alpha value is -1.06. The first-order valence-corrected chi connectivity index (χ1v) is 17.2. The average molecular weight is 535 g/mol. The first-order chi connectivity index (χ1) is 18.7. The van der Waals surface area contributed by atoms with Crippen LogP contribution in [0, 0.1) is 0 Å². The minimum atomic E-state index is 0.401. The van der Waals surface area contributed by atoms with Crippen LogP contribution in [-0.2, 0) is 9.59 Å². The quantitative estimate of drug-likeness (QED) is 0.146. The van der Waals surface area contributed by atoms with Gasteiger partial charge in [0.1, 0.15) is 0 Å². The van der Waals surface area contributed by atoms with Crippen LogP contribution >= 0.6 is 0 Å². The van der Waals surface area contributed by atoms with E-state index in [1.807, 2.05) is 0 Å². The zero-order valence-corrected chi connectivity index (χ0v) is 25.9. The largest absolute Gasteiger partial charge is 0.343 e. The summed E-state index contributed by atoms with van der Waals surface area (Å²) >= 11 is 0. The van der Waals surface area contributed by atoms with Crippen molar-refractivity contribution in [1.29, 1.82) is 0 Å². The lowest BCUT2D eigenvalue weighted by Crippen LogP contribution is -2.35. The summed E-state index contributed by atoms with van der Waals surface area (Å²) in [5, 5.41) is 0. The highest BCUT2D eigenvalue weighted by Gasteiger charge is 2.16. The number of hydrogen-bond acceptors (Lipinski definition) is 2. The van der Waals surface area contributed by atoms with Crippen LogP contribution in [0.4, 0.5) is 0 Å². The van der Waals surface area contributed by atoms with Gasteiger partial charge in [0, 0.05) is 39.0 Å². The van der Waals surface area contributed by atoms with Gasteiger partial charge in [-0.3, -0.25) is 9.59 Å². The molecule has 2 rings (SSSR count). The molecule has 0 aromatic carbocycles. The fourth-order valence-corrected chi connectivity index (χ4v) is 5.78. The summed E-state index contributed by atoms with van der Waals surface area (Å²) in [7, 11) is 0. The van der Waals surface area contributed by atoms with Crippen LogP contribution in [0.15, 0.2) is 0 Å². The lowest BCUT2D eigenvalue weighted by Gasteiger charge is -2.26. The van der Waals surface area contributed by atoms with E-state index in [9.17, 15) is 9.59 Å². The van der Waals surface area contributed by atoms with Gasteiger partial charge in [0.25, 0.3) is 0 Å². The molecule has 0 aromatic heterocycles. The lowest BCUT2D eigenvalue weighted by molar-refractivity contribution is -0.133. The molecule has 0 unspecified atom stereocenters. The summed E-state index contributed by atoms with van der Waals surface area (Å²) in [6.45, 7) is 8.56. The fourth-order valence-electron chi connectivity index (χ4n) is 5.78. The molecule has 2 saturated heterocycles. The normalized spacial score (nSPS) is 15.7. The molecule has 0 bridgehead atoms. The highest BCUT2D eigenvalue weighted by Crippen LogP contribution is 2.15. The highest BCUT2D eigenvalue weighted by atomic mass is 16.2. The molecule has 2 fully saturated rings. The van der Waals surface area contributed by atoms with Gasteiger partial charge in [-0.05, 0) is 51.4 Å². The molecule has 2 amide bonds. The summed E-state index contributed by atoms with van der Waals surface area (Å²) in [6, 6.07) is 0. The van der Waals surface area contributed by atoms with Gasteiger partial charge in [0.15, 0.2) is 0 Å². The molecule has 4 heteroatoms. The van der Waals surface area contributed by atoms with Gasteiger partial charge in [0.05, 0.1) is 0 Å². The van der Waals surface area contributed by atoms with E-state index in [1.54, 1.807) is 0 Å². The third-order valence-corrected chi connectivity index (χ3v) is 8.41. The van der Waals surface area contributed by atoms with Crippen LogP contribution in [0.2, 0.25) is 0 Å². The molecular weight excluding hydrogens is 468 g/mol. The summed E-state index contributed by atoms with van der Waals surface area (Å²) < 4.78 is 0. The third kappa shape index (κ3) is 19.9. The maximum Gasteiger partial charge on any atom is 0.222 e. The predicted molar refractivity (Wildman–Crippen MR) is 165 cm³/mol. The molecule has 0 N–H and O–H groups in total. The molecule has 2 aliphatic rings. The van der Waals surface area contributed by atoms with Crippen molar-refractivity contribution in [3.05, 3.63) is 0 Å². The van der Waals surface area contributed by atoms with Crippen LogP contribution in [0.3, 0.4) is 0 Å². The zero-order valence-electron chi connectivity index (χ0n) is 25.9. The van der Waals surface area contributed by atoms with E-state index in [-0.39, 0.29) is 0 Å². The van der Waals surface area contributed by atoms with E-state index in [1.165, 1.54) is 141 Å². The van der Waals surface area contributed by atoms with Gasteiger partial charge in [-0.1, -0.05) is 117 Å². The van der Waals surface area contributed by atoms with Crippen LogP contribution in [0.25, 0.3) is 0 Å². The van der Waals surface area contributed by atoms with Gasteiger partial charge < -0.3 is 9.80 Å². The number of unbranched alkanes of at least 4 members (excludes halogenated alkanes) is 16. The van der Waals surface area contributed by atoms with Gasteiger partial charge >= 0.3 is 0 Å². The number of nitrogens with zero attached hydrogens (tertiary/aromatic N) is 2. The maximum atomic E-state index is 12.0. The first-order valence-electron chi connectivity index (χ1n) is 17.2. The Balaban J connectivity index is 0.000000389.